The summed E-state index contributed by atoms with van der Waals surface area (Å²) in [6, 6.07) is 19.3. The molecule has 4 aromatic rings. The number of aromatic nitrogens is 3. The summed E-state index contributed by atoms with van der Waals surface area (Å²) in [7, 11) is -3.75. The maximum Gasteiger partial charge on any atom is 0.257 e. The second-order valence-corrected chi connectivity index (χ2v) is 10.4. The molecular formula is C23H19N5O3S2. The van der Waals surface area contributed by atoms with Gasteiger partial charge in [-0.3, -0.25) is 15.1 Å². The Bertz CT molecular complexity index is 1420. The highest BCUT2D eigenvalue weighted by atomic mass is 32.2. The van der Waals surface area contributed by atoms with Crippen molar-refractivity contribution < 1.29 is 13.2 Å². The normalized spacial score (nSPS) is 13.9. The van der Waals surface area contributed by atoms with Crippen LogP contribution in [-0.2, 0) is 23.0 Å². The molecule has 0 aliphatic carbocycles. The van der Waals surface area contributed by atoms with E-state index < -0.39 is 15.9 Å². The molecule has 2 aromatic carbocycles. The molecule has 2 aromatic heterocycles. The van der Waals surface area contributed by atoms with E-state index in [4.69, 9.17) is 0 Å². The number of nitrogens with zero attached hydrogens (tertiary/aromatic N) is 4. The van der Waals surface area contributed by atoms with Crippen molar-refractivity contribution in [2.45, 2.75) is 17.9 Å². The number of hydrogen-bond donors (Lipinski definition) is 1. The molecule has 0 saturated carbocycles. The minimum atomic E-state index is -3.75. The Morgan fingerprint density at radius 2 is 1.79 bits per heavy atom. The van der Waals surface area contributed by atoms with Crippen LogP contribution in [0.1, 0.15) is 21.5 Å². The lowest BCUT2D eigenvalue weighted by Crippen LogP contribution is -2.36. The number of carbonyl (C=O) groups excluding carboxylic acids is 1. The van der Waals surface area contributed by atoms with Gasteiger partial charge in [0.05, 0.1) is 4.90 Å². The SMILES string of the molecule is O=C(Nc1nnc(-c2ccccn2)s1)c1cccc(S(=O)(=O)N2CCc3ccccc3C2)c1. The molecule has 0 saturated heterocycles. The van der Waals surface area contributed by atoms with E-state index in [0.29, 0.717) is 35.3 Å². The summed E-state index contributed by atoms with van der Waals surface area (Å²) in [5.74, 6) is -0.459. The van der Waals surface area contributed by atoms with E-state index in [1.54, 1.807) is 30.5 Å². The molecule has 8 nitrogen and oxygen atoms in total. The molecule has 0 atom stereocenters. The van der Waals surface area contributed by atoms with Crippen molar-refractivity contribution in [2.24, 2.45) is 0 Å². The average molecular weight is 478 g/mol. The van der Waals surface area contributed by atoms with Crippen molar-refractivity contribution in [3.63, 3.8) is 0 Å². The standard InChI is InChI=1S/C23H19N5O3S2/c29-21(25-23-27-26-22(32-23)20-10-3-4-12-24-20)17-8-5-9-19(14-17)33(30,31)28-13-11-16-6-1-2-7-18(16)15-28/h1-10,12,14H,11,13,15H2,(H,25,27,29). The summed E-state index contributed by atoms with van der Waals surface area (Å²) >= 11 is 1.19. The maximum atomic E-state index is 13.3. The highest BCUT2D eigenvalue weighted by Crippen LogP contribution is 2.27. The zero-order chi connectivity index (χ0) is 22.8. The molecule has 3 heterocycles. The van der Waals surface area contributed by atoms with Gasteiger partial charge >= 0.3 is 0 Å². The van der Waals surface area contributed by atoms with Gasteiger partial charge in [-0.05, 0) is 47.9 Å². The zero-order valence-electron chi connectivity index (χ0n) is 17.4. The number of anilines is 1. The molecule has 1 aliphatic rings. The van der Waals surface area contributed by atoms with Crippen molar-refractivity contribution in [2.75, 3.05) is 11.9 Å². The van der Waals surface area contributed by atoms with Crippen LogP contribution in [0.15, 0.2) is 77.8 Å². The summed E-state index contributed by atoms with van der Waals surface area (Å²) in [5.41, 5.74) is 3.05. The summed E-state index contributed by atoms with van der Waals surface area (Å²) in [4.78, 5) is 17.1. The summed E-state index contributed by atoms with van der Waals surface area (Å²) < 4.78 is 28.0. The van der Waals surface area contributed by atoms with Gasteiger partial charge in [0, 0.05) is 24.8 Å². The Labute approximate surface area is 195 Å². The van der Waals surface area contributed by atoms with Gasteiger partial charge in [0.25, 0.3) is 5.91 Å². The highest BCUT2D eigenvalue weighted by Gasteiger charge is 2.28. The minimum absolute atomic E-state index is 0.0842. The number of carbonyl (C=O) groups is 1. The van der Waals surface area contributed by atoms with Gasteiger partial charge < -0.3 is 0 Å². The number of hydrogen-bond acceptors (Lipinski definition) is 7. The molecule has 1 amide bonds. The Morgan fingerprint density at radius 1 is 0.970 bits per heavy atom. The van der Waals surface area contributed by atoms with Crippen LogP contribution in [0.4, 0.5) is 5.13 Å². The largest absolute Gasteiger partial charge is 0.296 e. The first-order chi connectivity index (χ1) is 16.0. The summed E-state index contributed by atoms with van der Waals surface area (Å²) in [5, 5.41) is 11.6. The van der Waals surface area contributed by atoms with Crippen LogP contribution in [0.2, 0.25) is 0 Å². The van der Waals surface area contributed by atoms with Gasteiger partial charge in [-0.25, -0.2) is 8.42 Å². The fourth-order valence-corrected chi connectivity index (χ4v) is 5.84. The third-order valence-electron chi connectivity index (χ3n) is 5.36. The monoisotopic (exact) mass is 477 g/mol. The van der Waals surface area contributed by atoms with E-state index in [0.717, 1.165) is 5.56 Å². The Morgan fingerprint density at radius 3 is 2.61 bits per heavy atom. The third-order valence-corrected chi connectivity index (χ3v) is 8.06. The lowest BCUT2D eigenvalue weighted by atomic mass is 10.0. The predicted octanol–water partition coefficient (Wildman–Crippen LogP) is 3.60. The first kappa shape index (κ1) is 21.4. The average Bonchev–Trinajstić information content (AvgIpc) is 3.33. The quantitative estimate of drug-likeness (QED) is 0.471. The molecule has 0 bridgehead atoms. The van der Waals surface area contributed by atoms with Gasteiger partial charge in [-0.2, -0.15) is 4.31 Å². The van der Waals surface area contributed by atoms with E-state index in [-0.39, 0.29) is 10.5 Å². The molecule has 0 fully saturated rings. The van der Waals surface area contributed by atoms with E-state index in [9.17, 15) is 13.2 Å². The number of pyridine rings is 1. The summed E-state index contributed by atoms with van der Waals surface area (Å²) in [6.45, 7) is 0.715. The molecular weight excluding hydrogens is 458 g/mol. The second-order valence-electron chi connectivity index (χ2n) is 7.47. The van der Waals surface area contributed by atoms with Crippen LogP contribution in [-0.4, -0.2) is 40.4 Å². The zero-order valence-corrected chi connectivity index (χ0v) is 19.0. The predicted molar refractivity (Wildman–Crippen MR) is 125 cm³/mol. The minimum Gasteiger partial charge on any atom is -0.296 e. The number of benzene rings is 2. The fraction of sp³-hybridized carbons (Fsp3) is 0.130. The summed E-state index contributed by atoms with van der Waals surface area (Å²) in [6.07, 6.45) is 2.31. The molecule has 33 heavy (non-hydrogen) atoms. The molecule has 0 unspecified atom stereocenters. The molecule has 10 heteroatoms. The topological polar surface area (TPSA) is 105 Å². The number of amides is 1. The second kappa shape index (κ2) is 8.81. The van der Waals surface area contributed by atoms with Crippen molar-refractivity contribution in [1.29, 1.82) is 0 Å². The van der Waals surface area contributed by atoms with Crippen LogP contribution in [0.3, 0.4) is 0 Å². The Balaban J connectivity index is 1.34. The van der Waals surface area contributed by atoms with Crippen LogP contribution < -0.4 is 5.32 Å². The lowest BCUT2D eigenvalue weighted by molar-refractivity contribution is 0.102. The van der Waals surface area contributed by atoms with Crippen LogP contribution in [0.5, 0.6) is 0 Å². The van der Waals surface area contributed by atoms with Gasteiger partial charge in [-0.15, -0.1) is 10.2 Å². The first-order valence-corrected chi connectivity index (χ1v) is 12.5. The van der Waals surface area contributed by atoms with Crippen molar-refractivity contribution in [3.8, 4) is 10.7 Å². The smallest absolute Gasteiger partial charge is 0.257 e. The molecule has 166 valence electrons. The van der Waals surface area contributed by atoms with Gasteiger partial charge in [0.15, 0.2) is 5.01 Å². The number of nitrogens with one attached hydrogen (secondary N) is 1. The van der Waals surface area contributed by atoms with Gasteiger partial charge in [-0.1, -0.05) is 47.7 Å². The molecule has 0 radical (unpaired) electrons. The van der Waals surface area contributed by atoms with Crippen LogP contribution >= 0.6 is 11.3 Å². The van der Waals surface area contributed by atoms with E-state index in [1.807, 2.05) is 30.3 Å². The van der Waals surface area contributed by atoms with Gasteiger partial charge in [0.1, 0.15) is 5.69 Å². The Kier molecular flexibility index (Phi) is 5.71. The molecule has 0 spiro atoms. The Hall–Kier alpha value is -3.47. The first-order valence-electron chi connectivity index (χ1n) is 10.2. The number of rotatable bonds is 5. The number of fused-ring (bicyclic) bond motifs is 1. The van der Waals surface area contributed by atoms with Crippen LogP contribution in [0, 0.1) is 0 Å². The van der Waals surface area contributed by atoms with E-state index in [1.165, 1.54) is 33.3 Å². The lowest BCUT2D eigenvalue weighted by Gasteiger charge is -2.28. The third kappa shape index (κ3) is 4.40. The fourth-order valence-electron chi connectivity index (χ4n) is 3.66. The molecule has 1 N–H and O–H groups in total. The molecule has 5 rings (SSSR count). The number of sulfonamides is 1. The van der Waals surface area contributed by atoms with Crippen LogP contribution in [0.25, 0.3) is 10.7 Å². The van der Waals surface area contributed by atoms with Crippen molar-refractivity contribution >= 4 is 32.4 Å². The maximum absolute atomic E-state index is 13.3. The highest BCUT2D eigenvalue weighted by molar-refractivity contribution is 7.89. The van der Waals surface area contributed by atoms with E-state index in [2.05, 4.69) is 20.5 Å². The van der Waals surface area contributed by atoms with Crippen molar-refractivity contribution in [1.82, 2.24) is 19.5 Å². The molecule has 1 aliphatic heterocycles. The van der Waals surface area contributed by atoms with Crippen molar-refractivity contribution in [3.05, 3.63) is 89.6 Å². The van der Waals surface area contributed by atoms with E-state index >= 15 is 0 Å². The van der Waals surface area contributed by atoms with Gasteiger partial charge in [0.2, 0.25) is 15.2 Å².